The molecule has 11 heavy (non-hydrogen) atoms. The molecule has 0 aliphatic carbocycles. The molecule has 0 aromatic carbocycles. The lowest BCUT2D eigenvalue weighted by Crippen LogP contribution is -1.96. The van der Waals surface area contributed by atoms with Crippen LogP contribution in [0, 0.1) is 0 Å². The highest BCUT2D eigenvalue weighted by Crippen LogP contribution is 2.22. The maximum Gasteiger partial charge on any atom is 0.119 e. The Morgan fingerprint density at radius 1 is 1.55 bits per heavy atom. The highest BCUT2D eigenvalue weighted by Gasteiger charge is 2.13. The van der Waals surface area contributed by atoms with Crippen molar-refractivity contribution >= 4 is 18.2 Å². The highest BCUT2D eigenvalue weighted by atomic mass is 32.2. The van der Waals surface area contributed by atoms with E-state index in [4.69, 9.17) is 0 Å². The summed E-state index contributed by atoms with van der Waals surface area (Å²) < 4.78 is 3.26. The lowest BCUT2D eigenvalue weighted by molar-refractivity contribution is -0.107. The standard InChI is InChI=1S/C8H15NOS/c10-7-3-1-2-4-8-5-6-9-11-8/h7-9H,1-6H2. The quantitative estimate of drug-likeness (QED) is 0.390. The number of carbonyl (C=O) groups excluding carboxylic acids is 1. The molecule has 64 valence electrons. The largest absolute Gasteiger partial charge is 0.303 e. The number of rotatable bonds is 5. The van der Waals surface area contributed by atoms with E-state index in [1.54, 1.807) is 0 Å². The summed E-state index contributed by atoms with van der Waals surface area (Å²) in [7, 11) is 0. The van der Waals surface area contributed by atoms with Crippen molar-refractivity contribution in [3.63, 3.8) is 0 Å². The number of hydrogen-bond donors (Lipinski definition) is 1. The molecule has 0 radical (unpaired) electrons. The molecule has 1 unspecified atom stereocenters. The first kappa shape index (κ1) is 9.07. The van der Waals surface area contributed by atoms with Gasteiger partial charge in [-0.3, -0.25) is 4.72 Å². The Morgan fingerprint density at radius 2 is 2.45 bits per heavy atom. The van der Waals surface area contributed by atoms with E-state index in [2.05, 4.69) is 4.72 Å². The van der Waals surface area contributed by atoms with Crippen LogP contribution in [0.5, 0.6) is 0 Å². The van der Waals surface area contributed by atoms with Gasteiger partial charge in [-0.1, -0.05) is 18.4 Å². The van der Waals surface area contributed by atoms with Gasteiger partial charge in [0.2, 0.25) is 0 Å². The lowest BCUT2D eigenvalue weighted by Gasteiger charge is -2.04. The van der Waals surface area contributed by atoms with E-state index >= 15 is 0 Å². The van der Waals surface area contributed by atoms with Crippen molar-refractivity contribution in [1.29, 1.82) is 0 Å². The number of carbonyl (C=O) groups is 1. The van der Waals surface area contributed by atoms with Crippen LogP contribution in [0.3, 0.4) is 0 Å². The first-order valence-electron chi connectivity index (χ1n) is 4.25. The number of unbranched alkanes of at least 4 members (excludes halogenated alkanes) is 2. The van der Waals surface area contributed by atoms with Crippen molar-refractivity contribution in [3.05, 3.63) is 0 Å². The molecule has 3 heteroatoms. The van der Waals surface area contributed by atoms with E-state index < -0.39 is 0 Å². The number of aldehydes is 1. The molecule has 1 aliphatic heterocycles. The summed E-state index contributed by atoms with van der Waals surface area (Å²) in [6.07, 6.45) is 6.60. The third-order valence-corrected chi connectivity index (χ3v) is 3.09. The van der Waals surface area contributed by atoms with Gasteiger partial charge in [-0.05, 0) is 19.3 Å². The van der Waals surface area contributed by atoms with E-state index in [0.717, 1.165) is 30.9 Å². The fraction of sp³-hybridized carbons (Fsp3) is 0.875. The summed E-state index contributed by atoms with van der Waals surface area (Å²) in [5.74, 6) is 0. The monoisotopic (exact) mass is 173 g/mol. The average molecular weight is 173 g/mol. The van der Waals surface area contributed by atoms with Crippen molar-refractivity contribution in [3.8, 4) is 0 Å². The van der Waals surface area contributed by atoms with E-state index in [1.807, 2.05) is 11.9 Å². The topological polar surface area (TPSA) is 29.1 Å². The molecule has 0 spiro atoms. The van der Waals surface area contributed by atoms with Gasteiger partial charge in [0.05, 0.1) is 0 Å². The summed E-state index contributed by atoms with van der Waals surface area (Å²) in [5.41, 5.74) is 0. The van der Waals surface area contributed by atoms with Crippen LogP contribution >= 0.6 is 11.9 Å². The van der Waals surface area contributed by atoms with Crippen molar-refractivity contribution < 1.29 is 4.79 Å². The summed E-state index contributed by atoms with van der Waals surface area (Å²) >= 11 is 1.86. The molecule has 1 atom stereocenters. The van der Waals surface area contributed by atoms with Gasteiger partial charge in [-0.15, -0.1) is 0 Å². The fourth-order valence-electron chi connectivity index (χ4n) is 1.26. The van der Waals surface area contributed by atoms with Gasteiger partial charge >= 0.3 is 0 Å². The zero-order chi connectivity index (χ0) is 7.94. The van der Waals surface area contributed by atoms with Gasteiger partial charge in [-0.25, -0.2) is 0 Å². The van der Waals surface area contributed by atoms with E-state index in [1.165, 1.54) is 19.3 Å². The van der Waals surface area contributed by atoms with Gasteiger partial charge in [0, 0.05) is 18.2 Å². The summed E-state index contributed by atoms with van der Waals surface area (Å²) in [4.78, 5) is 9.98. The molecule has 1 N–H and O–H groups in total. The third-order valence-electron chi connectivity index (χ3n) is 1.92. The second-order valence-corrected chi connectivity index (χ2v) is 4.07. The van der Waals surface area contributed by atoms with Crippen molar-refractivity contribution in [2.75, 3.05) is 6.54 Å². The second-order valence-electron chi connectivity index (χ2n) is 2.87. The number of nitrogens with one attached hydrogen (secondary N) is 1. The second kappa shape index (κ2) is 5.61. The zero-order valence-electron chi connectivity index (χ0n) is 6.71. The van der Waals surface area contributed by atoms with Gasteiger partial charge in [0.1, 0.15) is 6.29 Å². The zero-order valence-corrected chi connectivity index (χ0v) is 7.53. The molecule has 0 bridgehead atoms. The van der Waals surface area contributed by atoms with Crippen LogP contribution in [-0.4, -0.2) is 18.1 Å². The normalized spacial score (nSPS) is 23.8. The predicted octanol–water partition coefficient (Wildman–Crippen LogP) is 1.76. The minimum atomic E-state index is 0.741. The first-order chi connectivity index (χ1) is 5.43. The Balaban J connectivity index is 1.89. The molecule has 0 aromatic heterocycles. The predicted molar refractivity (Wildman–Crippen MR) is 48.5 cm³/mol. The average Bonchev–Trinajstić information content (AvgIpc) is 2.50. The summed E-state index contributed by atoms with van der Waals surface area (Å²) in [5, 5.41) is 0.807. The Morgan fingerprint density at radius 3 is 3.09 bits per heavy atom. The van der Waals surface area contributed by atoms with Crippen LogP contribution in [-0.2, 0) is 4.79 Å². The third kappa shape index (κ3) is 3.77. The fourth-order valence-corrected chi connectivity index (χ4v) is 2.25. The van der Waals surface area contributed by atoms with Crippen molar-refractivity contribution in [1.82, 2.24) is 4.72 Å². The van der Waals surface area contributed by atoms with E-state index in [-0.39, 0.29) is 0 Å². The van der Waals surface area contributed by atoms with Crippen molar-refractivity contribution in [2.24, 2.45) is 0 Å². The van der Waals surface area contributed by atoms with Crippen LogP contribution < -0.4 is 4.72 Å². The van der Waals surface area contributed by atoms with E-state index in [0.29, 0.717) is 0 Å². The molecular weight excluding hydrogens is 158 g/mol. The molecule has 1 fully saturated rings. The smallest absolute Gasteiger partial charge is 0.119 e. The molecule has 0 amide bonds. The first-order valence-corrected chi connectivity index (χ1v) is 5.13. The molecule has 1 saturated heterocycles. The minimum absolute atomic E-state index is 0.741. The highest BCUT2D eigenvalue weighted by molar-refractivity contribution is 7.98. The van der Waals surface area contributed by atoms with Crippen LogP contribution in [0.1, 0.15) is 32.1 Å². The molecule has 0 saturated carbocycles. The SMILES string of the molecule is O=CCCCCC1CCNS1. The van der Waals surface area contributed by atoms with Crippen LogP contribution in [0.4, 0.5) is 0 Å². The van der Waals surface area contributed by atoms with Crippen molar-refractivity contribution in [2.45, 2.75) is 37.4 Å². The maximum absolute atomic E-state index is 9.98. The van der Waals surface area contributed by atoms with Crippen LogP contribution in [0.2, 0.25) is 0 Å². The molecule has 0 aromatic rings. The van der Waals surface area contributed by atoms with Crippen LogP contribution in [0.25, 0.3) is 0 Å². The molecule has 2 nitrogen and oxygen atoms in total. The lowest BCUT2D eigenvalue weighted by atomic mass is 10.1. The summed E-state index contributed by atoms with van der Waals surface area (Å²) in [6.45, 7) is 1.16. The Labute approximate surface area is 72.3 Å². The summed E-state index contributed by atoms with van der Waals surface area (Å²) in [6, 6.07) is 0. The van der Waals surface area contributed by atoms with Gasteiger partial charge in [0.25, 0.3) is 0 Å². The Hall–Kier alpha value is -0.0200. The Bertz CT molecular complexity index is 113. The van der Waals surface area contributed by atoms with Crippen LogP contribution in [0.15, 0.2) is 0 Å². The molecule has 1 aliphatic rings. The van der Waals surface area contributed by atoms with Gasteiger partial charge in [0.15, 0.2) is 0 Å². The number of hydrogen-bond acceptors (Lipinski definition) is 3. The Kier molecular flexibility index (Phi) is 4.62. The van der Waals surface area contributed by atoms with Gasteiger partial charge < -0.3 is 4.79 Å². The molecular formula is C8H15NOS. The van der Waals surface area contributed by atoms with E-state index in [9.17, 15) is 4.79 Å². The maximum atomic E-state index is 9.98. The minimum Gasteiger partial charge on any atom is -0.303 e. The molecule has 1 rings (SSSR count). The van der Waals surface area contributed by atoms with Gasteiger partial charge in [-0.2, -0.15) is 0 Å². The molecule has 1 heterocycles.